The Labute approximate surface area is 198 Å². The highest BCUT2D eigenvalue weighted by Gasteiger charge is 2.32. The van der Waals surface area contributed by atoms with Crippen molar-refractivity contribution in [1.82, 2.24) is 9.62 Å². The maximum Gasteiger partial charge on any atom is 0.240 e. The first-order valence-electron chi connectivity index (χ1n) is 10.8. The Morgan fingerprint density at radius 1 is 1.00 bits per heavy atom. The summed E-state index contributed by atoms with van der Waals surface area (Å²) in [5.74, 6) is 0.366. The first-order valence-corrected chi connectivity index (χ1v) is 13.2. The van der Waals surface area contributed by atoms with Gasteiger partial charge in [-0.25, -0.2) is 17.5 Å². The molecule has 9 heteroatoms. The number of nitrogens with zero attached hydrogens (tertiary/aromatic N) is 2. The first kappa shape index (κ1) is 23.7. The Bertz CT molecular complexity index is 1130. The first-order chi connectivity index (χ1) is 15.9. The van der Waals surface area contributed by atoms with Gasteiger partial charge >= 0.3 is 0 Å². The average molecular weight is 490 g/mol. The number of halogens is 1. The number of benzene rings is 2. The Morgan fingerprint density at radius 3 is 2.24 bits per heavy atom. The molecule has 0 radical (unpaired) electrons. The molecule has 0 saturated carbocycles. The van der Waals surface area contributed by atoms with Gasteiger partial charge in [0.2, 0.25) is 10.0 Å². The fourth-order valence-corrected chi connectivity index (χ4v) is 6.46. The molecule has 176 valence electrons. The van der Waals surface area contributed by atoms with Crippen molar-refractivity contribution in [2.24, 2.45) is 0 Å². The van der Waals surface area contributed by atoms with Crippen molar-refractivity contribution in [3.8, 4) is 5.75 Å². The number of anilines is 1. The van der Waals surface area contributed by atoms with Crippen LogP contribution in [0.1, 0.15) is 17.8 Å². The summed E-state index contributed by atoms with van der Waals surface area (Å²) in [7, 11) is -2.12. The molecule has 1 N–H and O–H groups in total. The number of piperazine rings is 1. The van der Waals surface area contributed by atoms with Crippen LogP contribution in [0.25, 0.3) is 0 Å². The Kier molecular flexibility index (Phi) is 7.33. The van der Waals surface area contributed by atoms with Crippen LogP contribution in [0, 0.1) is 5.82 Å². The van der Waals surface area contributed by atoms with Crippen LogP contribution < -0.4 is 14.4 Å². The molecule has 2 heterocycles. The van der Waals surface area contributed by atoms with E-state index in [-0.39, 0.29) is 17.0 Å². The summed E-state index contributed by atoms with van der Waals surface area (Å²) in [6.45, 7) is 5.17. The molecule has 0 unspecified atom stereocenters. The van der Waals surface area contributed by atoms with Gasteiger partial charge < -0.3 is 9.64 Å². The van der Waals surface area contributed by atoms with Crippen molar-refractivity contribution in [3.05, 3.63) is 76.7 Å². The fourth-order valence-electron chi connectivity index (χ4n) is 4.24. The molecule has 1 aliphatic rings. The maximum absolute atomic E-state index is 13.3. The number of hydrogen-bond donors (Lipinski definition) is 1. The number of hydrogen-bond acceptors (Lipinski definition) is 6. The van der Waals surface area contributed by atoms with Crippen molar-refractivity contribution < 1.29 is 17.5 Å². The van der Waals surface area contributed by atoms with E-state index in [1.807, 2.05) is 36.6 Å². The molecule has 0 bridgehead atoms. The molecule has 33 heavy (non-hydrogen) atoms. The van der Waals surface area contributed by atoms with Gasteiger partial charge in [0, 0.05) is 42.8 Å². The van der Waals surface area contributed by atoms with Crippen LogP contribution in [0.15, 0.2) is 70.9 Å². The Hall–Kier alpha value is -2.46. The summed E-state index contributed by atoms with van der Waals surface area (Å²) >= 11 is 1.62. The molecule has 2 aromatic carbocycles. The van der Waals surface area contributed by atoms with E-state index in [0.29, 0.717) is 0 Å². The van der Waals surface area contributed by atoms with Crippen LogP contribution in [0.5, 0.6) is 5.75 Å². The quantitative estimate of drug-likeness (QED) is 0.516. The Balaban J connectivity index is 1.48. The lowest BCUT2D eigenvalue weighted by molar-refractivity contribution is 0.164. The van der Waals surface area contributed by atoms with Crippen molar-refractivity contribution in [2.75, 3.05) is 38.2 Å². The molecule has 0 aliphatic carbocycles. The maximum atomic E-state index is 13.3. The minimum Gasteiger partial charge on any atom is -0.497 e. The number of sulfonamides is 1. The van der Waals surface area contributed by atoms with E-state index in [4.69, 9.17) is 4.74 Å². The highest BCUT2D eigenvalue weighted by atomic mass is 32.2. The van der Waals surface area contributed by atoms with Crippen molar-refractivity contribution in [1.29, 1.82) is 0 Å². The van der Waals surface area contributed by atoms with E-state index in [1.165, 1.54) is 12.1 Å². The summed E-state index contributed by atoms with van der Waals surface area (Å²) in [6.07, 6.45) is 0. The second kappa shape index (κ2) is 10.2. The third kappa shape index (κ3) is 5.55. The fraction of sp³-hybridized carbons (Fsp3) is 0.333. The van der Waals surface area contributed by atoms with E-state index in [0.717, 1.165) is 54.6 Å². The van der Waals surface area contributed by atoms with E-state index < -0.39 is 15.8 Å². The van der Waals surface area contributed by atoms with Gasteiger partial charge in [0.25, 0.3) is 0 Å². The van der Waals surface area contributed by atoms with E-state index >= 15 is 0 Å². The summed E-state index contributed by atoms with van der Waals surface area (Å²) in [4.78, 5) is 5.84. The van der Waals surface area contributed by atoms with Gasteiger partial charge in [-0.2, -0.15) is 0 Å². The molecule has 1 saturated heterocycles. The van der Waals surface area contributed by atoms with Gasteiger partial charge in [0.1, 0.15) is 11.6 Å². The number of nitrogens with one attached hydrogen (secondary N) is 1. The topological polar surface area (TPSA) is 61.9 Å². The van der Waals surface area contributed by atoms with Crippen LogP contribution in [0.4, 0.5) is 10.1 Å². The average Bonchev–Trinajstić information content (AvgIpc) is 3.34. The predicted octanol–water partition coefficient (Wildman–Crippen LogP) is 4.13. The standard InChI is InChI=1S/C24H28FN3O3S2/c1-18(26-33(29,30)22-11-5-19(25)6-12-22)24(23-4-3-17-32-23)28-15-13-27(14-16-28)20-7-9-21(31-2)10-8-20/h3-12,17-18,24,26H,13-16H2,1-2H3/t18-,24-/m1/s1. The van der Waals surface area contributed by atoms with Crippen molar-refractivity contribution in [2.45, 2.75) is 23.9 Å². The Morgan fingerprint density at radius 2 is 1.67 bits per heavy atom. The van der Waals surface area contributed by atoms with E-state index in [1.54, 1.807) is 18.4 Å². The second-order valence-electron chi connectivity index (χ2n) is 8.05. The van der Waals surface area contributed by atoms with Crippen LogP contribution in [-0.2, 0) is 10.0 Å². The molecule has 1 fully saturated rings. The molecule has 2 atom stereocenters. The lowest BCUT2D eigenvalue weighted by Gasteiger charge is -2.42. The van der Waals surface area contributed by atoms with E-state index in [2.05, 4.69) is 26.7 Å². The van der Waals surface area contributed by atoms with Gasteiger partial charge in [0.15, 0.2) is 0 Å². The summed E-state index contributed by atoms with van der Waals surface area (Å²) in [5.41, 5.74) is 1.15. The van der Waals surface area contributed by atoms with E-state index in [9.17, 15) is 12.8 Å². The molecule has 1 aromatic heterocycles. The third-order valence-electron chi connectivity index (χ3n) is 5.92. The normalized spacial score (nSPS) is 17.0. The summed E-state index contributed by atoms with van der Waals surface area (Å²) in [6, 6.07) is 16.5. The second-order valence-corrected chi connectivity index (χ2v) is 10.7. The summed E-state index contributed by atoms with van der Waals surface area (Å²) in [5, 5.41) is 2.01. The lowest BCUT2D eigenvalue weighted by atomic mass is 10.1. The molecule has 3 aromatic rings. The molecule has 6 nitrogen and oxygen atoms in total. The van der Waals surface area contributed by atoms with Crippen LogP contribution >= 0.6 is 11.3 Å². The molecular formula is C24H28FN3O3S2. The number of rotatable bonds is 8. The molecule has 0 spiro atoms. The zero-order valence-electron chi connectivity index (χ0n) is 18.6. The molecule has 0 amide bonds. The largest absolute Gasteiger partial charge is 0.497 e. The van der Waals surface area contributed by atoms with Gasteiger partial charge in [-0.05, 0) is 66.9 Å². The number of ether oxygens (including phenoxy) is 1. The van der Waals surface area contributed by atoms with Gasteiger partial charge in [-0.15, -0.1) is 11.3 Å². The highest BCUT2D eigenvalue weighted by Crippen LogP contribution is 2.31. The van der Waals surface area contributed by atoms with Crippen molar-refractivity contribution in [3.63, 3.8) is 0 Å². The number of thiophene rings is 1. The van der Waals surface area contributed by atoms with Gasteiger partial charge in [0.05, 0.1) is 18.0 Å². The predicted molar refractivity (Wildman–Crippen MR) is 130 cm³/mol. The van der Waals surface area contributed by atoms with Gasteiger partial charge in [-0.3, -0.25) is 4.90 Å². The molecule has 1 aliphatic heterocycles. The van der Waals surface area contributed by atoms with Crippen molar-refractivity contribution >= 4 is 27.0 Å². The summed E-state index contributed by atoms with van der Waals surface area (Å²) < 4.78 is 47.2. The van der Waals surface area contributed by atoms with Crippen LogP contribution in [0.2, 0.25) is 0 Å². The lowest BCUT2D eigenvalue weighted by Crippen LogP contribution is -2.52. The smallest absolute Gasteiger partial charge is 0.240 e. The molecular weight excluding hydrogens is 461 g/mol. The van der Waals surface area contributed by atoms with Crippen LogP contribution in [0.3, 0.4) is 0 Å². The SMILES string of the molecule is COc1ccc(N2CCN([C@@H](c3cccs3)[C@@H](C)NS(=O)(=O)c3ccc(F)cc3)CC2)cc1. The number of methoxy groups -OCH3 is 1. The molecule has 4 rings (SSSR count). The highest BCUT2D eigenvalue weighted by molar-refractivity contribution is 7.89. The zero-order chi connectivity index (χ0) is 23.4. The zero-order valence-corrected chi connectivity index (χ0v) is 20.3. The van der Waals surface area contributed by atoms with Crippen LogP contribution in [-0.4, -0.2) is 52.6 Å². The minimum atomic E-state index is -3.77. The third-order valence-corrected chi connectivity index (χ3v) is 8.44. The minimum absolute atomic E-state index is 0.0602. The monoisotopic (exact) mass is 489 g/mol. The van der Waals surface area contributed by atoms with Gasteiger partial charge in [-0.1, -0.05) is 6.07 Å².